The van der Waals surface area contributed by atoms with Crippen molar-refractivity contribution < 1.29 is 5.11 Å². The SMILES string of the molecule is CCc1nc(NC)cc(NC(C)C(C)CO)n1. The summed E-state index contributed by atoms with van der Waals surface area (Å²) in [7, 11) is 1.84. The van der Waals surface area contributed by atoms with Crippen LogP contribution in [0.5, 0.6) is 0 Å². The summed E-state index contributed by atoms with van der Waals surface area (Å²) in [6, 6.07) is 2.05. The maximum Gasteiger partial charge on any atom is 0.132 e. The van der Waals surface area contributed by atoms with Crippen molar-refractivity contribution in [1.29, 1.82) is 0 Å². The van der Waals surface area contributed by atoms with Gasteiger partial charge < -0.3 is 15.7 Å². The molecule has 17 heavy (non-hydrogen) atoms. The molecule has 0 spiro atoms. The van der Waals surface area contributed by atoms with Crippen LogP contribution >= 0.6 is 0 Å². The number of aliphatic hydroxyl groups excluding tert-OH is 1. The number of anilines is 2. The maximum atomic E-state index is 9.10. The zero-order valence-electron chi connectivity index (χ0n) is 11.0. The van der Waals surface area contributed by atoms with E-state index in [0.717, 1.165) is 23.9 Å². The molecule has 0 bridgehead atoms. The van der Waals surface area contributed by atoms with Crippen LogP contribution in [0.2, 0.25) is 0 Å². The average Bonchev–Trinajstić information content (AvgIpc) is 2.36. The Balaban J connectivity index is 2.82. The first-order chi connectivity index (χ1) is 8.10. The van der Waals surface area contributed by atoms with Crippen LogP contribution in [0, 0.1) is 5.92 Å². The van der Waals surface area contributed by atoms with Crippen molar-refractivity contribution in [1.82, 2.24) is 9.97 Å². The van der Waals surface area contributed by atoms with Gasteiger partial charge in [-0.25, -0.2) is 9.97 Å². The lowest BCUT2D eigenvalue weighted by atomic mass is 10.1. The van der Waals surface area contributed by atoms with Gasteiger partial charge in [0.2, 0.25) is 0 Å². The highest BCUT2D eigenvalue weighted by Gasteiger charge is 2.12. The molecule has 0 fully saturated rings. The molecule has 1 rings (SSSR count). The smallest absolute Gasteiger partial charge is 0.132 e. The molecule has 3 N–H and O–H groups in total. The summed E-state index contributed by atoms with van der Waals surface area (Å²) in [4.78, 5) is 8.74. The van der Waals surface area contributed by atoms with Crippen molar-refractivity contribution >= 4 is 11.6 Å². The van der Waals surface area contributed by atoms with Gasteiger partial charge in [-0.15, -0.1) is 0 Å². The van der Waals surface area contributed by atoms with Crippen LogP contribution in [-0.4, -0.2) is 34.8 Å². The lowest BCUT2D eigenvalue weighted by molar-refractivity contribution is 0.226. The van der Waals surface area contributed by atoms with Gasteiger partial charge in [0, 0.05) is 32.2 Å². The molecule has 5 nitrogen and oxygen atoms in total. The topological polar surface area (TPSA) is 70.1 Å². The van der Waals surface area contributed by atoms with Gasteiger partial charge in [-0.3, -0.25) is 0 Å². The van der Waals surface area contributed by atoms with E-state index in [4.69, 9.17) is 5.11 Å². The molecule has 5 heteroatoms. The van der Waals surface area contributed by atoms with E-state index in [1.54, 1.807) is 0 Å². The van der Waals surface area contributed by atoms with Gasteiger partial charge in [0.15, 0.2) is 0 Å². The third kappa shape index (κ3) is 3.85. The number of aromatic nitrogens is 2. The van der Waals surface area contributed by atoms with Crippen LogP contribution in [0.25, 0.3) is 0 Å². The standard InChI is InChI=1S/C12H22N4O/c1-5-10-15-11(13-4)6-12(16-10)14-9(3)8(2)7-17/h6,8-9,17H,5,7H2,1-4H3,(H2,13,14,15,16). The fraction of sp³-hybridized carbons (Fsp3) is 0.667. The molecule has 0 saturated heterocycles. The number of hydrogen-bond donors (Lipinski definition) is 3. The van der Waals surface area contributed by atoms with Crippen LogP contribution < -0.4 is 10.6 Å². The second-order valence-corrected chi connectivity index (χ2v) is 4.25. The molecule has 0 aliphatic heterocycles. The van der Waals surface area contributed by atoms with E-state index in [2.05, 4.69) is 20.6 Å². The monoisotopic (exact) mass is 238 g/mol. The number of aryl methyl sites for hydroxylation is 1. The number of nitrogens with zero attached hydrogens (tertiary/aromatic N) is 2. The molecule has 2 unspecified atom stereocenters. The molecule has 2 atom stereocenters. The highest BCUT2D eigenvalue weighted by Crippen LogP contribution is 2.14. The molecule has 1 heterocycles. The van der Waals surface area contributed by atoms with Crippen LogP contribution in [0.1, 0.15) is 26.6 Å². The second kappa shape index (κ2) is 6.39. The summed E-state index contributed by atoms with van der Waals surface area (Å²) in [5.74, 6) is 2.61. The van der Waals surface area contributed by atoms with Crippen molar-refractivity contribution in [2.75, 3.05) is 24.3 Å². The molecule has 96 valence electrons. The molecule has 0 amide bonds. The minimum atomic E-state index is 0.165. The fourth-order valence-corrected chi connectivity index (χ4v) is 1.39. The molecule has 0 aliphatic rings. The molecular formula is C12H22N4O. The van der Waals surface area contributed by atoms with E-state index in [1.807, 2.05) is 33.9 Å². The maximum absolute atomic E-state index is 9.10. The molecule has 1 aromatic rings. The van der Waals surface area contributed by atoms with E-state index in [1.165, 1.54) is 0 Å². The first-order valence-corrected chi connectivity index (χ1v) is 6.03. The van der Waals surface area contributed by atoms with Crippen molar-refractivity contribution in [3.05, 3.63) is 11.9 Å². The van der Waals surface area contributed by atoms with Crippen LogP contribution in [0.4, 0.5) is 11.6 Å². The highest BCUT2D eigenvalue weighted by molar-refractivity contribution is 5.47. The van der Waals surface area contributed by atoms with Gasteiger partial charge >= 0.3 is 0 Å². The molecule has 0 radical (unpaired) electrons. The van der Waals surface area contributed by atoms with Crippen molar-refractivity contribution in [2.45, 2.75) is 33.2 Å². The summed E-state index contributed by atoms with van der Waals surface area (Å²) < 4.78 is 0. The van der Waals surface area contributed by atoms with Gasteiger partial charge in [0.1, 0.15) is 17.5 Å². The summed E-state index contributed by atoms with van der Waals surface area (Å²) >= 11 is 0. The molecular weight excluding hydrogens is 216 g/mol. The Labute approximate surface area is 103 Å². The van der Waals surface area contributed by atoms with E-state index >= 15 is 0 Å². The van der Waals surface area contributed by atoms with E-state index in [0.29, 0.717) is 0 Å². The van der Waals surface area contributed by atoms with Gasteiger partial charge in [-0.1, -0.05) is 13.8 Å². The third-order valence-corrected chi connectivity index (χ3v) is 2.86. The summed E-state index contributed by atoms with van der Waals surface area (Å²) in [6.45, 7) is 6.23. The minimum Gasteiger partial charge on any atom is -0.396 e. The van der Waals surface area contributed by atoms with E-state index < -0.39 is 0 Å². The van der Waals surface area contributed by atoms with Gasteiger partial charge in [0.25, 0.3) is 0 Å². The Hall–Kier alpha value is -1.36. The fourth-order valence-electron chi connectivity index (χ4n) is 1.39. The summed E-state index contributed by atoms with van der Waals surface area (Å²) in [5.41, 5.74) is 0. The van der Waals surface area contributed by atoms with E-state index in [-0.39, 0.29) is 18.6 Å². The van der Waals surface area contributed by atoms with Crippen molar-refractivity contribution in [2.24, 2.45) is 5.92 Å². The predicted octanol–water partition coefficient (Wildman–Crippen LogP) is 1.51. The largest absolute Gasteiger partial charge is 0.396 e. The molecule has 0 aromatic carbocycles. The Morgan fingerprint density at radius 2 is 1.94 bits per heavy atom. The predicted molar refractivity (Wildman–Crippen MR) is 70.3 cm³/mol. The number of nitrogens with one attached hydrogen (secondary N) is 2. The Kier molecular flexibility index (Phi) is 5.15. The van der Waals surface area contributed by atoms with Gasteiger partial charge in [-0.05, 0) is 12.8 Å². The van der Waals surface area contributed by atoms with E-state index in [9.17, 15) is 0 Å². The number of aliphatic hydroxyl groups is 1. The average molecular weight is 238 g/mol. The van der Waals surface area contributed by atoms with Crippen molar-refractivity contribution in [3.8, 4) is 0 Å². The highest BCUT2D eigenvalue weighted by atomic mass is 16.3. The molecule has 0 aliphatic carbocycles. The molecule has 0 saturated carbocycles. The summed E-state index contributed by atoms with van der Waals surface area (Å²) in [5, 5.41) is 15.4. The number of rotatable bonds is 6. The number of hydrogen-bond acceptors (Lipinski definition) is 5. The zero-order chi connectivity index (χ0) is 12.8. The lowest BCUT2D eigenvalue weighted by Crippen LogP contribution is -2.27. The normalized spacial score (nSPS) is 14.2. The Bertz CT molecular complexity index is 334. The van der Waals surface area contributed by atoms with Gasteiger partial charge in [-0.2, -0.15) is 0 Å². The Morgan fingerprint density at radius 1 is 1.29 bits per heavy atom. The van der Waals surface area contributed by atoms with Gasteiger partial charge in [0.05, 0.1) is 0 Å². The lowest BCUT2D eigenvalue weighted by Gasteiger charge is -2.20. The first-order valence-electron chi connectivity index (χ1n) is 6.03. The first kappa shape index (κ1) is 13.7. The zero-order valence-corrected chi connectivity index (χ0v) is 11.0. The second-order valence-electron chi connectivity index (χ2n) is 4.25. The Morgan fingerprint density at radius 3 is 2.47 bits per heavy atom. The van der Waals surface area contributed by atoms with Crippen molar-refractivity contribution in [3.63, 3.8) is 0 Å². The summed E-state index contributed by atoms with van der Waals surface area (Å²) in [6.07, 6.45) is 0.800. The van der Waals surface area contributed by atoms with Crippen LogP contribution in [0.15, 0.2) is 6.07 Å². The third-order valence-electron chi connectivity index (χ3n) is 2.86. The minimum absolute atomic E-state index is 0.165. The van der Waals surface area contributed by atoms with Crippen LogP contribution in [-0.2, 0) is 6.42 Å². The van der Waals surface area contributed by atoms with Crippen LogP contribution in [0.3, 0.4) is 0 Å². The quantitative estimate of drug-likeness (QED) is 0.701. The molecule has 1 aromatic heterocycles.